The zero-order chi connectivity index (χ0) is 26.4. The predicted octanol–water partition coefficient (Wildman–Crippen LogP) is 5.77. The SMILES string of the molecule is CCC(O)Nc1cncc(-c2ccc3[nH]nc(-c4nc5nccc(-c6ccc(C(C)=O)s6)c5[nH]4)c3c2F)c1. The number of pyridine rings is 2. The number of anilines is 1. The maximum absolute atomic E-state index is 16.0. The van der Waals surface area contributed by atoms with Crippen molar-refractivity contribution in [1.82, 2.24) is 30.1 Å². The molecular weight excluding hydrogens is 505 g/mol. The highest BCUT2D eigenvalue weighted by Crippen LogP contribution is 2.36. The summed E-state index contributed by atoms with van der Waals surface area (Å²) < 4.78 is 16.0. The zero-order valence-electron chi connectivity index (χ0n) is 20.4. The molecule has 6 rings (SSSR count). The second kappa shape index (κ2) is 9.43. The molecule has 0 amide bonds. The maximum Gasteiger partial charge on any atom is 0.178 e. The van der Waals surface area contributed by atoms with Gasteiger partial charge in [0.15, 0.2) is 17.3 Å². The Labute approximate surface area is 219 Å². The first-order valence-corrected chi connectivity index (χ1v) is 12.8. The third-order valence-corrected chi connectivity index (χ3v) is 7.49. The van der Waals surface area contributed by atoms with Gasteiger partial charge in [0.05, 0.1) is 33.2 Å². The van der Waals surface area contributed by atoms with Crippen LogP contribution in [0, 0.1) is 5.82 Å². The summed E-state index contributed by atoms with van der Waals surface area (Å²) in [5.41, 5.74) is 4.29. The molecule has 1 aromatic carbocycles. The average molecular weight is 528 g/mol. The largest absolute Gasteiger partial charge is 0.374 e. The molecule has 11 heteroatoms. The molecule has 0 fully saturated rings. The van der Waals surface area contributed by atoms with E-state index in [1.807, 2.05) is 19.1 Å². The number of ketones is 1. The summed E-state index contributed by atoms with van der Waals surface area (Å²) in [5, 5.41) is 20.4. The summed E-state index contributed by atoms with van der Waals surface area (Å²) in [7, 11) is 0. The van der Waals surface area contributed by atoms with Crippen LogP contribution in [0.4, 0.5) is 10.1 Å². The third-order valence-electron chi connectivity index (χ3n) is 6.27. The Hall–Kier alpha value is -4.48. The van der Waals surface area contributed by atoms with Gasteiger partial charge in [0.25, 0.3) is 0 Å². The van der Waals surface area contributed by atoms with E-state index < -0.39 is 12.0 Å². The lowest BCUT2D eigenvalue weighted by molar-refractivity contribution is 0.102. The van der Waals surface area contributed by atoms with Crippen molar-refractivity contribution in [3.05, 3.63) is 65.7 Å². The molecule has 0 aliphatic carbocycles. The summed E-state index contributed by atoms with van der Waals surface area (Å²) in [6.45, 7) is 3.39. The van der Waals surface area contributed by atoms with Crippen LogP contribution in [0.5, 0.6) is 0 Å². The van der Waals surface area contributed by atoms with E-state index >= 15 is 4.39 Å². The molecule has 0 saturated carbocycles. The Morgan fingerprint density at radius 1 is 1.18 bits per heavy atom. The predicted molar refractivity (Wildman–Crippen MR) is 145 cm³/mol. The van der Waals surface area contributed by atoms with Gasteiger partial charge >= 0.3 is 0 Å². The number of aliphatic hydroxyl groups is 1. The number of hydrogen-bond acceptors (Lipinski definition) is 8. The number of rotatable bonds is 7. The van der Waals surface area contributed by atoms with Gasteiger partial charge in [-0.2, -0.15) is 5.10 Å². The number of thiophene rings is 1. The number of aromatic amines is 2. The molecule has 9 nitrogen and oxygen atoms in total. The van der Waals surface area contributed by atoms with E-state index in [1.165, 1.54) is 18.3 Å². The number of aliphatic hydroxyl groups excluding tert-OH is 1. The number of H-pyrrole nitrogens is 2. The molecule has 0 aliphatic heterocycles. The summed E-state index contributed by atoms with van der Waals surface area (Å²) in [6, 6.07) is 10.7. The van der Waals surface area contributed by atoms with Crippen LogP contribution in [0.25, 0.3) is 55.2 Å². The molecule has 5 aromatic heterocycles. The van der Waals surface area contributed by atoms with E-state index in [0.717, 1.165) is 10.4 Å². The fraction of sp³-hybridized carbons (Fsp3) is 0.148. The molecule has 5 heterocycles. The molecule has 6 aromatic rings. The number of carbonyl (C=O) groups excluding carboxylic acids is 1. The second-order valence-electron chi connectivity index (χ2n) is 8.82. The molecule has 190 valence electrons. The summed E-state index contributed by atoms with van der Waals surface area (Å²) >= 11 is 1.39. The van der Waals surface area contributed by atoms with Crippen molar-refractivity contribution in [2.45, 2.75) is 26.5 Å². The zero-order valence-corrected chi connectivity index (χ0v) is 21.2. The number of halogens is 1. The van der Waals surface area contributed by atoms with Crippen molar-refractivity contribution in [2.75, 3.05) is 5.32 Å². The fourth-order valence-corrected chi connectivity index (χ4v) is 5.26. The van der Waals surface area contributed by atoms with E-state index in [9.17, 15) is 9.90 Å². The van der Waals surface area contributed by atoms with Crippen LogP contribution in [0.3, 0.4) is 0 Å². The number of hydrogen-bond donors (Lipinski definition) is 4. The van der Waals surface area contributed by atoms with Gasteiger partial charge in [-0.15, -0.1) is 11.3 Å². The quantitative estimate of drug-likeness (QED) is 0.153. The van der Waals surface area contributed by atoms with E-state index in [0.29, 0.717) is 56.3 Å². The van der Waals surface area contributed by atoms with Crippen LogP contribution in [-0.2, 0) is 0 Å². The minimum atomic E-state index is -0.727. The fourth-order valence-electron chi connectivity index (χ4n) is 4.33. The normalized spacial score (nSPS) is 12.3. The van der Waals surface area contributed by atoms with Crippen LogP contribution in [0.15, 0.2) is 55.0 Å². The molecule has 1 atom stereocenters. The van der Waals surface area contributed by atoms with Crippen molar-refractivity contribution < 1.29 is 14.3 Å². The summed E-state index contributed by atoms with van der Waals surface area (Å²) in [5.74, 6) is -0.103. The van der Waals surface area contributed by atoms with Crippen LogP contribution in [-0.4, -0.2) is 47.3 Å². The van der Waals surface area contributed by atoms with Gasteiger partial charge in [-0.25, -0.2) is 14.4 Å². The van der Waals surface area contributed by atoms with E-state index in [1.54, 1.807) is 42.9 Å². The molecule has 0 radical (unpaired) electrons. The lowest BCUT2D eigenvalue weighted by Crippen LogP contribution is -2.17. The summed E-state index contributed by atoms with van der Waals surface area (Å²) in [6.07, 6.45) is 4.59. The average Bonchev–Trinajstić information content (AvgIpc) is 3.67. The topological polar surface area (TPSA) is 132 Å². The minimum absolute atomic E-state index is 0.00387. The number of fused-ring (bicyclic) bond motifs is 2. The second-order valence-corrected chi connectivity index (χ2v) is 9.90. The van der Waals surface area contributed by atoms with Gasteiger partial charge in [0.2, 0.25) is 0 Å². The molecule has 0 saturated heterocycles. The Morgan fingerprint density at radius 3 is 2.84 bits per heavy atom. The van der Waals surface area contributed by atoms with Gasteiger partial charge < -0.3 is 15.4 Å². The van der Waals surface area contributed by atoms with Gasteiger partial charge in [-0.1, -0.05) is 6.92 Å². The van der Waals surface area contributed by atoms with Crippen molar-refractivity contribution in [3.63, 3.8) is 0 Å². The number of nitrogens with one attached hydrogen (secondary N) is 3. The third kappa shape index (κ3) is 4.11. The van der Waals surface area contributed by atoms with Gasteiger partial charge in [-0.05, 0) is 49.7 Å². The molecule has 0 spiro atoms. The lowest BCUT2D eigenvalue weighted by atomic mass is 10.0. The monoisotopic (exact) mass is 527 g/mol. The van der Waals surface area contributed by atoms with Crippen molar-refractivity contribution in [2.24, 2.45) is 0 Å². The Kier molecular flexibility index (Phi) is 5.93. The Bertz CT molecular complexity index is 1820. The molecular formula is C27H22FN7O2S. The Balaban J connectivity index is 1.45. The molecule has 38 heavy (non-hydrogen) atoms. The molecule has 0 bridgehead atoms. The van der Waals surface area contributed by atoms with E-state index in [-0.39, 0.29) is 11.2 Å². The number of imidazole rings is 1. The van der Waals surface area contributed by atoms with Crippen LogP contribution >= 0.6 is 11.3 Å². The van der Waals surface area contributed by atoms with E-state index in [4.69, 9.17) is 0 Å². The highest BCUT2D eigenvalue weighted by atomic mass is 32.1. The van der Waals surface area contributed by atoms with Gasteiger partial charge in [-0.3, -0.25) is 14.9 Å². The van der Waals surface area contributed by atoms with Crippen LogP contribution in [0.2, 0.25) is 0 Å². The Morgan fingerprint density at radius 2 is 2.05 bits per heavy atom. The molecule has 0 aliphatic rings. The van der Waals surface area contributed by atoms with Crippen molar-refractivity contribution in [1.29, 1.82) is 0 Å². The van der Waals surface area contributed by atoms with Gasteiger partial charge in [0.1, 0.15) is 17.7 Å². The van der Waals surface area contributed by atoms with Crippen molar-refractivity contribution >= 4 is 44.9 Å². The number of Topliss-reactive ketones (excluding diaryl/α,β-unsaturated/α-hetero) is 1. The van der Waals surface area contributed by atoms with Gasteiger partial charge in [0, 0.05) is 34.0 Å². The first-order chi connectivity index (χ1) is 18.4. The highest BCUT2D eigenvalue weighted by molar-refractivity contribution is 7.17. The lowest BCUT2D eigenvalue weighted by Gasteiger charge is -2.13. The number of carbonyl (C=O) groups is 1. The smallest absolute Gasteiger partial charge is 0.178 e. The number of benzene rings is 1. The summed E-state index contributed by atoms with van der Waals surface area (Å²) in [4.78, 5) is 29.8. The highest BCUT2D eigenvalue weighted by Gasteiger charge is 2.21. The number of nitrogens with zero attached hydrogens (tertiary/aromatic N) is 4. The first kappa shape index (κ1) is 23.9. The van der Waals surface area contributed by atoms with E-state index in [2.05, 4.69) is 35.5 Å². The molecule has 1 unspecified atom stereocenters. The van der Waals surface area contributed by atoms with Crippen LogP contribution < -0.4 is 5.32 Å². The van der Waals surface area contributed by atoms with Crippen molar-refractivity contribution in [3.8, 4) is 33.1 Å². The minimum Gasteiger partial charge on any atom is -0.374 e. The van der Waals surface area contributed by atoms with Crippen LogP contribution in [0.1, 0.15) is 29.9 Å². The first-order valence-electron chi connectivity index (χ1n) is 12.0. The molecule has 4 N–H and O–H groups in total. The standard InChI is InChI=1S/C27H22FN7O2S/c1-3-21(37)31-15-10-14(11-29-12-15)16-4-5-18-22(23(16)28)25(35-34-18)27-32-24-17(8-9-30-26(24)33-27)20-7-6-19(38-20)13(2)36/h4-12,21,31,37H,3H2,1-2H3,(H,34,35)(H,30,32,33). The maximum atomic E-state index is 16.0. The number of aromatic nitrogens is 6.